The average molecular weight is 591 g/mol. The number of thiocarbonyl (C=S) groups is 1. The molecule has 3 aromatic carbocycles. The van der Waals surface area contributed by atoms with Crippen molar-refractivity contribution in [2.24, 2.45) is 0 Å². The summed E-state index contributed by atoms with van der Waals surface area (Å²) in [7, 11) is 1.60. The highest BCUT2D eigenvalue weighted by Crippen LogP contribution is 2.41. The van der Waals surface area contributed by atoms with E-state index in [4.69, 9.17) is 38.0 Å². The largest absolute Gasteiger partial charge is 0.497 e. The molecule has 0 spiro atoms. The van der Waals surface area contributed by atoms with E-state index < -0.39 is 0 Å². The van der Waals surface area contributed by atoms with Gasteiger partial charge in [0.1, 0.15) is 12.4 Å². The molecule has 5 nitrogen and oxygen atoms in total. The molecular formula is C26H21BrClNO4S2. The molecular weight excluding hydrogens is 570 g/mol. The molecule has 1 amide bonds. The molecule has 35 heavy (non-hydrogen) atoms. The van der Waals surface area contributed by atoms with E-state index >= 15 is 0 Å². The summed E-state index contributed by atoms with van der Waals surface area (Å²) in [5, 5.41) is 0.636. The topological polar surface area (TPSA) is 48.0 Å². The van der Waals surface area contributed by atoms with Crippen molar-refractivity contribution in [2.75, 3.05) is 18.6 Å². The van der Waals surface area contributed by atoms with E-state index in [1.807, 2.05) is 43.3 Å². The number of amides is 1. The number of rotatable bonds is 8. The maximum Gasteiger partial charge on any atom is 0.270 e. The molecule has 0 saturated carbocycles. The highest BCUT2D eigenvalue weighted by Gasteiger charge is 2.33. The summed E-state index contributed by atoms with van der Waals surface area (Å²) in [5.41, 5.74) is 2.34. The van der Waals surface area contributed by atoms with Crippen LogP contribution in [0.4, 0.5) is 5.69 Å². The zero-order valence-corrected chi connectivity index (χ0v) is 22.9. The van der Waals surface area contributed by atoms with Crippen molar-refractivity contribution < 1.29 is 19.0 Å². The number of carbonyl (C=O) groups is 1. The fourth-order valence-electron chi connectivity index (χ4n) is 3.41. The van der Waals surface area contributed by atoms with Crippen molar-refractivity contribution in [3.8, 4) is 17.2 Å². The molecule has 0 atom stereocenters. The molecule has 9 heteroatoms. The van der Waals surface area contributed by atoms with Gasteiger partial charge in [0.25, 0.3) is 5.91 Å². The van der Waals surface area contributed by atoms with Gasteiger partial charge in [0.2, 0.25) is 0 Å². The van der Waals surface area contributed by atoms with Crippen molar-refractivity contribution in [3.63, 3.8) is 0 Å². The Balaban J connectivity index is 1.59. The minimum atomic E-state index is -0.182. The quantitative estimate of drug-likeness (QED) is 0.200. The molecule has 1 fully saturated rings. The first-order chi connectivity index (χ1) is 16.9. The summed E-state index contributed by atoms with van der Waals surface area (Å²) in [5.74, 6) is 1.65. The first-order valence-electron chi connectivity index (χ1n) is 10.7. The first-order valence-corrected chi connectivity index (χ1v) is 13.1. The highest BCUT2D eigenvalue weighted by atomic mass is 79.9. The van der Waals surface area contributed by atoms with Crippen LogP contribution in [-0.2, 0) is 11.4 Å². The van der Waals surface area contributed by atoms with Gasteiger partial charge in [0, 0.05) is 10.6 Å². The summed E-state index contributed by atoms with van der Waals surface area (Å²) in [6.07, 6.45) is 1.80. The summed E-state index contributed by atoms with van der Waals surface area (Å²) >= 11 is 16.6. The molecule has 3 aromatic rings. The van der Waals surface area contributed by atoms with Crippen molar-refractivity contribution in [3.05, 3.63) is 86.2 Å². The van der Waals surface area contributed by atoms with E-state index in [1.54, 1.807) is 37.5 Å². The Bertz CT molecular complexity index is 1300. The van der Waals surface area contributed by atoms with Crippen LogP contribution in [0, 0.1) is 0 Å². The number of hydrogen-bond donors (Lipinski definition) is 0. The van der Waals surface area contributed by atoms with Crippen LogP contribution < -0.4 is 19.1 Å². The number of methoxy groups -OCH3 is 1. The standard InChI is InChI=1S/C26H21BrClNO4S2/c1-3-32-22-13-16(12-20(27)24(22)33-15-17-6-4-5-7-21(17)28)14-23-25(30)29(26(34)35-23)18-8-10-19(31-2)11-9-18/h4-14H,3,15H2,1-2H3/b23-14-. The Labute approximate surface area is 227 Å². The summed E-state index contributed by atoms with van der Waals surface area (Å²) in [4.78, 5) is 15.2. The van der Waals surface area contributed by atoms with E-state index in [2.05, 4.69) is 15.9 Å². The van der Waals surface area contributed by atoms with Crippen LogP contribution in [0.15, 0.2) is 70.0 Å². The second-order valence-electron chi connectivity index (χ2n) is 7.36. The number of thioether (sulfide) groups is 1. The smallest absolute Gasteiger partial charge is 0.270 e. The van der Waals surface area contributed by atoms with E-state index in [0.29, 0.717) is 48.3 Å². The molecule has 0 N–H and O–H groups in total. The Morgan fingerprint density at radius 2 is 1.86 bits per heavy atom. The van der Waals surface area contributed by atoms with Crippen molar-refractivity contribution >= 4 is 73.5 Å². The van der Waals surface area contributed by atoms with Crippen LogP contribution >= 0.6 is 51.5 Å². The molecule has 1 heterocycles. The molecule has 180 valence electrons. The first kappa shape index (κ1) is 25.6. The lowest BCUT2D eigenvalue weighted by atomic mass is 10.1. The molecule has 0 aliphatic carbocycles. The van der Waals surface area contributed by atoms with Gasteiger partial charge in [-0.15, -0.1) is 0 Å². The Morgan fingerprint density at radius 1 is 1.11 bits per heavy atom. The second kappa shape index (κ2) is 11.5. The number of hydrogen-bond acceptors (Lipinski definition) is 6. The van der Waals surface area contributed by atoms with E-state index in [9.17, 15) is 4.79 Å². The normalized spacial score (nSPS) is 14.5. The number of anilines is 1. The minimum absolute atomic E-state index is 0.182. The summed E-state index contributed by atoms with van der Waals surface area (Å²) in [6, 6.07) is 18.5. The Hall–Kier alpha value is -2.52. The Morgan fingerprint density at radius 3 is 2.54 bits per heavy atom. The monoisotopic (exact) mass is 589 g/mol. The number of benzene rings is 3. The lowest BCUT2D eigenvalue weighted by Crippen LogP contribution is -2.27. The van der Waals surface area contributed by atoms with Crippen LogP contribution in [0.3, 0.4) is 0 Å². The van der Waals surface area contributed by atoms with Crippen LogP contribution in [0.25, 0.3) is 6.08 Å². The second-order valence-corrected chi connectivity index (χ2v) is 10.3. The number of nitrogens with zero attached hydrogens (tertiary/aromatic N) is 1. The molecule has 1 saturated heterocycles. The fraction of sp³-hybridized carbons (Fsp3) is 0.154. The molecule has 0 radical (unpaired) electrons. The van der Waals surface area contributed by atoms with Gasteiger partial charge in [0.15, 0.2) is 15.8 Å². The maximum absolute atomic E-state index is 13.2. The summed E-state index contributed by atoms with van der Waals surface area (Å²) < 4.78 is 18.3. The van der Waals surface area contributed by atoms with Gasteiger partial charge in [-0.05, 0) is 77.0 Å². The van der Waals surface area contributed by atoms with Gasteiger partial charge in [-0.2, -0.15) is 0 Å². The zero-order chi connectivity index (χ0) is 24.9. The van der Waals surface area contributed by atoms with E-state index in [0.717, 1.165) is 11.1 Å². The van der Waals surface area contributed by atoms with Gasteiger partial charge in [-0.25, -0.2) is 0 Å². The highest BCUT2D eigenvalue weighted by molar-refractivity contribution is 9.10. The molecule has 0 bridgehead atoms. The molecule has 1 aliphatic heterocycles. The van der Waals surface area contributed by atoms with E-state index in [-0.39, 0.29) is 12.5 Å². The number of carbonyl (C=O) groups excluding carboxylic acids is 1. The number of ether oxygens (including phenoxy) is 3. The fourth-order valence-corrected chi connectivity index (χ4v) is 5.48. The predicted molar refractivity (Wildman–Crippen MR) is 150 cm³/mol. The van der Waals surface area contributed by atoms with Gasteiger partial charge in [0.05, 0.1) is 28.8 Å². The van der Waals surface area contributed by atoms with Crippen LogP contribution in [0.2, 0.25) is 5.02 Å². The van der Waals surface area contributed by atoms with Gasteiger partial charge in [-0.3, -0.25) is 9.69 Å². The van der Waals surface area contributed by atoms with Gasteiger partial charge < -0.3 is 14.2 Å². The zero-order valence-electron chi connectivity index (χ0n) is 18.9. The third kappa shape index (κ3) is 5.83. The van der Waals surface area contributed by atoms with Crippen molar-refractivity contribution in [1.29, 1.82) is 0 Å². The SMILES string of the molecule is CCOc1cc(/C=C2\SC(=S)N(c3ccc(OC)cc3)C2=O)cc(Br)c1OCc1ccccc1Cl. The van der Waals surface area contributed by atoms with Crippen molar-refractivity contribution in [1.82, 2.24) is 0 Å². The lowest BCUT2D eigenvalue weighted by molar-refractivity contribution is -0.113. The predicted octanol–water partition coefficient (Wildman–Crippen LogP) is 7.49. The van der Waals surface area contributed by atoms with Crippen LogP contribution in [0.1, 0.15) is 18.1 Å². The molecule has 0 unspecified atom stereocenters. The molecule has 0 aromatic heterocycles. The van der Waals surface area contributed by atoms with Gasteiger partial charge >= 0.3 is 0 Å². The third-order valence-corrected chi connectivity index (χ3v) is 7.34. The van der Waals surface area contributed by atoms with Gasteiger partial charge in [-0.1, -0.05) is 53.8 Å². The third-order valence-electron chi connectivity index (χ3n) is 5.08. The van der Waals surface area contributed by atoms with Crippen LogP contribution in [0.5, 0.6) is 17.2 Å². The summed E-state index contributed by atoms with van der Waals surface area (Å²) in [6.45, 7) is 2.65. The molecule has 1 aliphatic rings. The minimum Gasteiger partial charge on any atom is -0.497 e. The van der Waals surface area contributed by atoms with Crippen molar-refractivity contribution in [2.45, 2.75) is 13.5 Å². The maximum atomic E-state index is 13.2. The number of halogens is 2. The van der Waals surface area contributed by atoms with Crippen LogP contribution in [-0.4, -0.2) is 23.9 Å². The van der Waals surface area contributed by atoms with E-state index in [1.165, 1.54) is 16.7 Å². The Kier molecular flexibility index (Phi) is 8.38. The molecule has 4 rings (SSSR count). The average Bonchev–Trinajstić information content (AvgIpc) is 3.12. The lowest BCUT2D eigenvalue weighted by Gasteiger charge is -2.15.